The van der Waals surface area contributed by atoms with Crippen LogP contribution < -0.4 is 14.9 Å². The van der Waals surface area contributed by atoms with E-state index in [1.807, 2.05) is 0 Å². The van der Waals surface area contributed by atoms with Crippen LogP contribution in [0.2, 0.25) is 10.0 Å². The Hall–Kier alpha value is -2.96. The first-order valence-electron chi connectivity index (χ1n) is 7.88. The second-order valence-corrected chi connectivity index (χ2v) is 6.41. The van der Waals surface area contributed by atoms with Crippen LogP contribution in [0, 0.1) is 0 Å². The van der Waals surface area contributed by atoms with Crippen LogP contribution in [0.4, 0.5) is 0 Å². The van der Waals surface area contributed by atoms with Crippen molar-refractivity contribution >= 4 is 35.3 Å². The van der Waals surface area contributed by atoms with Crippen LogP contribution in [0.15, 0.2) is 58.0 Å². The van der Waals surface area contributed by atoms with Gasteiger partial charge in [-0.3, -0.25) is 4.79 Å². The number of hydrogen-bond acceptors (Lipinski definition) is 5. The van der Waals surface area contributed by atoms with Crippen molar-refractivity contribution in [3.63, 3.8) is 0 Å². The van der Waals surface area contributed by atoms with Gasteiger partial charge in [-0.25, -0.2) is 5.43 Å². The Balaban J connectivity index is 1.42. The summed E-state index contributed by atoms with van der Waals surface area (Å²) in [5, 5.41) is 4.83. The third-order valence-corrected chi connectivity index (χ3v) is 4.56. The second-order valence-electron chi connectivity index (χ2n) is 5.60. The first kappa shape index (κ1) is 17.5. The van der Waals surface area contributed by atoms with Gasteiger partial charge in [0.25, 0.3) is 5.91 Å². The fraction of sp³-hybridized carbons (Fsp3) is 0.0526. The van der Waals surface area contributed by atoms with Gasteiger partial charge in [-0.05, 0) is 48.5 Å². The molecule has 1 aromatic heterocycles. The number of benzene rings is 2. The Labute approximate surface area is 164 Å². The van der Waals surface area contributed by atoms with Gasteiger partial charge in [-0.15, -0.1) is 0 Å². The molecule has 0 aliphatic carbocycles. The number of amides is 1. The predicted octanol–water partition coefficient (Wildman–Crippen LogP) is 4.75. The number of ether oxygens (including phenoxy) is 2. The van der Waals surface area contributed by atoms with E-state index in [0.717, 1.165) is 5.56 Å². The lowest BCUT2D eigenvalue weighted by atomic mass is 10.2. The minimum atomic E-state index is -0.374. The number of carbonyl (C=O) groups excluding carboxylic acids is 1. The van der Waals surface area contributed by atoms with E-state index in [0.29, 0.717) is 38.6 Å². The van der Waals surface area contributed by atoms with Crippen molar-refractivity contribution in [1.29, 1.82) is 0 Å². The smallest absolute Gasteiger partial charge is 0.271 e. The largest absolute Gasteiger partial charge is 0.455 e. The van der Waals surface area contributed by atoms with Crippen molar-refractivity contribution in [3.05, 3.63) is 69.9 Å². The lowest BCUT2D eigenvalue weighted by Crippen LogP contribution is -2.17. The second kappa shape index (κ2) is 7.34. The molecule has 0 radical (unpaired) electrons. The van der Waals surface area contributed by atoms with Gasteiger partial charge in [0.2, 0.25) is 6.79 Å². The summed E-state index contributed by atoms with van der Waals surface area (Å²) in [5.74, 6) is 1.85. The first-order valence-corrected chi connectivity index (χ1v) is 8.64. The Morgan fingerprint density at radius 3 is 2.70 bits per heavy atom. The molecule has 1 N–H and O–H groups in total. The lowest BCUT2D eigenvalue weighted by molar-refractivity contribution is 0.0954. The Kier molecular flexibility index (Phi) is 4.75. The van der Waals surface area contributed by atoms with Crippen LogP contribution in [-0.2, 0) is 0 Å². The van der Waals surface area contributed by atoms with Gasteiger partial charge >= 0.3 is 0 Å². The summed E-state index contributed by atoms with van der Waals surface area (Å²) in [5.41, 5.74) is 3.63. The number of halogens is 2. The van der Waals surface area contributed by atoms with Gasteiger partial charge in [-0.1, -0.05) is 23.2 Å². The molecule has 27 heavy (non-hydrogen) atoms. The zero-order valence-electron chi connectivity index (χ0n) is 13.7. The molecule has 0 saturated carbocycles. The standard InChI is InChI=1S/C19H12Cl2N2O4/c20-14-4-1-11(7-15(14)21)16-6-3-13(27-16)9-22-23-19(24)12-2-5-17-18(8-12)26-10-25-17/h1-9H,10H2,(H,23,24). The molecule has 1 amide bonds. The summed E-state index contributed by atoms with van der Waals surface area (Å²) in [7, 11) is 0. The molecule has 6 nitrogen and oxygen atoms in total. The molecule has 0 bridgehead atoms. The molecule has 0 unspecified atom stereocenters. The van der Waals surface area contributed by atoms with E-state index in [9.17, 15) is 4.79 Å². The van der Waals surface area contributed by atoms with Crippen molar-refractivity contribution in [2.45, 2.75) is 0 Å². The number of furan rings is 1. The fourth-order valence-corrected chi connectivity index (χ4v) is 2.78. The Morgan fingerprint density at radius 2 is 1.85 bits per heavy atom. The highest BCUT2D eigenvalue weighted by molar-refractivity contribution is 6.42. The van der Waals surface area contributed by atoms with Crippen molar-refractivity contribution < 1.29 is 18.7 Å². The minimum Gasteiger partial charge on any atom is -0.455 e. The maximum absolute atomic E-state index is 12.2. The number of fused-ring (bicyclic) bond motifs is 1. The molecule has 1 aliphatic heterocycles. The van der Waals surface area contributed by atoms with Crippen LogP contribution in [0.1, 0.15) is 16.1 Å². The average Bonchev–Trinajstić information content (AvgIpc) is 3.32. The molecule has 2 heterocycles. The molecule has 1 aliphatic rings. The highest BCUT2D eigenvalue weighted by Gasteiger charge is 2.16. The summed E-state index contributed by atoms with van der Waals surface area (Å²) in [6.07, 6.45) is 1.41. The summed E-state index contributed by atoms with van der Waals surface area (Å²) in [6, 6.07) is 13.6. The van der Waals surface area contributed by atoms with Crippen LogP contribution in [-0.4, -0.2) is 18.9 Å². The van der Waals surface area contributed by atoms with E-state index >= 15 is 0 Å². The quantitative estimate of drug-likeness (QED) is 0.504. The Morgan fingerprint density at radius 1 is 1.00 bits per heavy atom. The fourth-order valence-electron chi connectivity index (χ4n) is 2.48. The molecule has 4 rings (SSSR count). The van der Waals surface area contributed by atoms with E-state index in [1.165, 1.54) is 6.21 Å². The zero-order valence-corrected chi connectivity index (χ0v) is 15.3. The summed E-state index contributed by atoms with van der Waals surface area (Å²) >= 11 is 11.9. The summed E-state index contributed by atoms with van der Waals surface area (Å²) in [6.45, 7) is 0.151. The number of hydrogen-bond donors (Lipinski definition) is 1. The Bertz CT molecular complexity index is 1050. The van der Waals surface area contributed by atoms with E-state index in [4.69, 9.17) is 37.1 Å². The molecule has 136 valence electrons. The van der Waals surface area contributed by atoms with Crippen LogP contribution in [0.25, 0.3) is 11.3 Å². The number of nitrogens with one attached hydrogen (secondary N) is 1. The van der Waals surface area contributed by atoms with E-state index in [2.05, 4.69) is 10.5 Å². The minimum absolute atomic E-state index is 0.151. The van der Waals surface area contributed by atoms with Gasteiger partial charge in [0.15, 0.2) is 11.5 Å². The maximum atomic E-state index is 12.2. The SMILES string of the molecule is O=C(NN=Cc1ccc(-c2ccc(Cl)c(Cl)c2)o1)c1ccc2c(c1)OCO2. The van der Waals surface area contributed by atoms with Gasteiger partial charge in [0.1, 0.15) is 11.5 Å². The number of carbonyl (C=O) groups is 1. The van der Waals surface area contributed by atoms with E-state index < -0.39 is 0 Å². The van der Waals surface area contributed by atoms with E-state index in [1.54, 1.807) is 48.5 Å². The molecule has 0 spiro atoms. The zero-order chi connectivity index (χ0) is 18.8. The molecule has 0 fully saturated rings. The van der Waals surface area contributed by atoms with Crippen molar-refractivity contribution in [2.75, 3.05) is 6.79 Å². The van der Waals surface area contributed by atoms with Crippen molar-refractivity contribution in [3.8, 4) is 22.8 Å². The highest BCUT2D eigenvalue weighted by Crippen LogP contribution is 2.32. The molecule has 3 aromatic rings. The summed E-state index contributed by atoms with van der Waals surface area (Å²) in [4.78, 5) is 12.2. The number of rotatable bonds is 4. The van der Waals surface area contributed by atoms with Crippen LogP contribution >= 0.6 is 23.2 Å². The molecule has 8 heteroatoms. The molecule has 0 atom stereocenters. The topological polar surface area (TPSA) is 73.1 Å². The van der Waals surface area contributed by atoms with Gasteiger partial charge < -0.3 is 13.9 Å². The lowest BCUT2D eigenvalue weighted by Gasteiger charge is -2.01. The van der Waals surface area contributed by atoms with E-state index in [-0.39, 0.29) is 12.7 Å². The van der Waals surface area contributed by atoms with Crippen molar-refractivity contribution in [2.24, 2.45) is 5.10 Å². The molecular formula is C19H12Cl2N2O4. The summed E-state index contributed by atoms with van der Waals surface area (Å²) < 4.78 is 16.1. The van der Waals surface area contributed by atoms with Gasteiger partial charge in [0, 0.05) is 11.1 Å². The maximum Gasteiger partial charge on any atom is 0.271 e. The van der Waals surface area contributed by atoms with Gasteiger partial charge in [0.05, 0.1) is 16.3 Å². The highest BCUT2D eigenvalue weighted by atomic mass is 35.5. The molecular weight excluding hydrogens is 391 g/mol. The molecule has 0 saturated heterocycles. The predicted molar refractivity (Wildman–Crippen MR) is 102 cm³/mol. The third-order valence-electron chi connectivity index (χ3n) is 3.82. The first-order chi connectivity index (χ1) is 13.1. The van der Waals surface area contributed by atoms with Crippen LogP contribution in [0.5, 0.6) is 11.5 Å². The number of hydrazone groups is 1. The normalized spacial score (nSPS) is 12.5. The monoisotopic (exact) mass is 402 g/mol. The average molecular weight is 403 g/mol. The molecule has 2 aromatic carbocycles. The van der Waals surface area contributed by atoms with Crippen molar-refractivity contribution in [1.82, 2.24) is 5.43 Å². The number of nitrogens with zero attached hydrogens (tertiary/aromatic N) is 1. The van der Waals surface area contributed by atoms with Crippen LogP contribution in [0.3, 0.4) is 0 Å². The van der Waals surface area contributed by atoms with Gasteiger partial charge in [-0.2, -0.15) is 5.10 Å². The third kappa shape index (κ3) is 3.77.